The lowest BCUT2D eigenvalue weighted by Gasteiger charge is -2.16. The Morgan fingerprint density at radius 1 is 0.824 bits per heavy atom. The zero-order valence-corrected chi connectivity index (χ0v) is 12.0. The minimum Gasteiger partial charge on any atom is -0.0872 e. The Bertz CT molecular complexity index is 305. The van der Waals surface area contributed by atoms with E-state index in [0.29, 0.717) is 0 Å². The van der Waals surface area contributed by atoms with E-state index in [1.807, 2.05) is 0 Å². The van der Waals surface area contributed by atoms with E-state index >= 15 is 0 Å². The second kappa shape index (κ2) is 7.17. The third-order valence-corrected chi connectivity index (χ3v) is 5.43. The van der Waals surface area contributed by atoms with E-state index in [0.717, 1.165) is 14.2 Å². The molecule has 0 bridgehead atoms. The van der Waals surface area contributed by atoms with Gasteiger partial charge < -0.3 is 0 Å². The summed E-state index contributed by atoms with van der Waals surface area (Å²) in [6.45, 7) is 2.17. The molecule has 1 heteroatoms. The molecule has 1 aliphatic carbocycles. The Balaban J connectivity index is 1.88. The van der Waals surface area contributed by atoms with E-state index in [9.17, 15) is 0 Å². The van der Waals surface area contributed by atoms with Gasteiger partial charge in [-0.2, -0.15) is 0 Å². The Labute approximate surface area is 108 Å². The zero-order chi connectivity index (χ0) is 11.9. The van der Waals surface area contributed by atoms with Crippen LogP contribution in [0.4, 0.5) is 0 Å². The van der Waals surface area contributed by atoms with Crippen LogP contribution in [0, 0.1) is 6.92 Å². The predicted octanol–water partition coefficient (Wildman–Crippen LogP) is 4.80. The molecular formula is C16H25P. The molecule has 17 heavy (non-hydrogen) atoms. The first-order valence-electron chi connectivity index (χ1n) is 7.18. The zero-order valence-electron chi connectivity index (χ0n) is 11.0. The van der Waals surface area contributed by atoms with Crippen molar-refractivity contribution in [1.29, 1.82) is 0 Å². The van der Waals surface area contributed by atoms with Crippen molar-refractivity contribution in [3.8, 4) is 0 Å². The molecule has 0 heterocycles. The molecule has 1 fully saturated rings. The smallest absolute Gasteiger partial charge is 0.0196 e. The molecule has 0 spiro atoms. The van der Waals surface area contributed by atoms with Crippen molar-refractivity contribution in [3.63, 3.8) is 0 Å². The molecular weight excluding hydrogens is 223 g/mol. The average Bonchev–Trinajstić information content (AvgIpc) is 2.46. The van der Waals surface area contributed by atoms with Gasteiger partial charge in [-0.05, 0) is 30.7 Å². The van der Waals surface area contributed by atoms with Crippen LogP contribution in [0.5, 0.6) is 0 Å². The van der Waals surface area contributed by atoms with Crippen LogP contribution in [0.2, 0.25) is 0 Å². The standard InChI is InChI=1S/C16H25P/c1-14-10-12-16(13-11-14)17-15-8-6-4-2-3-5-7-9-15/h10-13,15,17H,2-9H2,1H3. The highest BCUT2D eigenvalue weighted by Gasteiger charge is 2.11. The highest BCUT2D eigenvalue weighted by Crippen LogP contribution is 2.30. The van der Waals surface area contributed by atoms with Crippen molar-refractivity contribution < 1.29 is 0 Å². The van der Waals surface area contributed by atoms with Gasteiger partial charge in [0.1, 0.15) is 0 Å². The molecule has 2 rings (SSSR count). The Kier molecular flexibility index (Phi) is 5.52. The maximum Gasteiger partial charge on any atom is -0.0196 e. The molecule has 1 atom stereocenters. The fourth-order valence-electron chi connectivity index (χ4n) is 2.66. The van der Waals surface area contributed by atoms with Crippen LogP contribution in [-0.2, 0) is 0 Å². The molecule has 0 nitrogen and oxygen atoms in total. The minimum atomic E-state index is 0.968. The monoisotopic (exact) mass is 248 g/mol. The van der Waals surface area contributed by atoms with E-state index in [-0.39, 0.29) is 0 Å². The largest absolute Gasteiger partial charge is 0.0872 e. The first-order valence-corrected chi connectivity index (χ1v) is 8.25. The number of benzene rings is 1. The van der Waals surface area contributed by atoms with Crippen LogP contribution in [0.25, 0.3) is 0 Å². The number of hydrogen-bond acceptors (Lipinski definition) is 0. The Hall–Kier alpha value is -0.350. The SMILES string of the molecule is Cc1ccc(PC2CCCCCCCC2)cc1. The lowest BCUT2D eigenvalue weighted by Crippen LogP contribution is -2.06. The number of hydrogen-bond donors (Lipinski definition) is 0. The normalized spacial score (nSPS) is 20.1. The summed E-state index contributed by atoms with van der Waals surface area (Å²) in [7, 11) is 1.04. The molecule has 0 amide bonds. The first kappa shape index (κ1) is 13.1. The predicted molar refractivity (Wildman–Crippen MR) is 79.9 cm³/mol. The van der Waals surface area contributed by atoms with Gasteiger partial charge in [0.15, 0.2) is 0 Å². The summed E-state index contributed by atoms with van der Waals surface area (Å²) >= 11 is 0. The molecule has 0 radical (unpaired) electrons. The summed E-state index contributed by atoms with van der Waals surface area (Å²) in [5, 5.41) is 1.57. The average molecular weight is 248 g/mol. The van der Waals surface area contributed by atoms with Crippen molar-refractivity contribution >= 4 is 13.9 Å². The maximum atomic E-state index is 2.33. The molecule has 0 N–H and O–H groups in total. The van der Waals surface area contributed by atoms with Crippen molar-refractivity contribution in [1.82, 2.24) is 0 Å². The van der Waals surface area contributed by atoms with Crippen LogP contribution < -0.4 is 5.30 Å². The minimum absolute atomic E-state index is 0.968. The van der Waals surface area contributed by atoms with Gasteiger partial charge in [-0.1, -0.05) is 76.9 Å². The van der Waals surface area contributed by atoms with E-state index < -0.39 is 0 Å². The molecule has 1 unspecified atom stereocenters. The van der Waals surface area contributed by atoms with Crippen molar-refractivity contribution in [2.45, 2.75) is 63.9 Å². The molecule has 1 saturated carbocycles. The quantitative estimate of drug-likeness (QED) is 0.659. The third kappa shape index (κ3) is 4.80. The number of aryl methyl sites for hydroxylation is 1. The summed E-state index contributed by atoms with van der Waals surface area (Å²) in [5.74, 6) is 0. The van der Waals surface area contributed by atoms with E-state index in [4.69, 9.17) is 0 Å². The molecule has 94 valence electrons. The highest BCUT2D eigenvalue weighted by molar-refractivity contribution is 7.48. The lowest BCUT2D eigenvalue weighted by molar-refractivity contribution is 0.624. The van der Waals surface area contributed by atoms with Crippen LogP contribution >= 0.6 is 8.58 Å². The van der Waals surface area contributed by atoms with Crippen LogP contribution in [0.3, 0.4) is 0 Å². The second-order valence-corrected chi connectivity index (χ2v) is 7.09. The Morgan fingerprint density at radius 2 is 1.35 bits per heavy atom. The summed E-state index contributed by atoms with van der Waals surface area (Å²) < 4.78 is 0. The fraction of sp³-hybridized carbons (Fsp3) is 0.625. The lowest BCUT2D eigenvalue weighted by atomic mass is 10.1. The van der Waals surface area contributed by atoms with Crippen LogP contribution in [0.15, 0.2) is 24.3 Å². The van der Waals surface area contributed by atoms with Crippen molar-refractivity contribution in [3.05, 3.63) is 29.8 Å². The van der Waals surface area contributed by atoms with Gasteiger partial charge in [0, 0.05) is 0 Å². The summed E-state index contributed by atoms with van der Waals surface area (Å²) in [6.07, 6.45) is 11.7. The maximum absolute atomic E-state index is 2.33. The van der Waals surface area contributed by atoms with E-state index in [1.165, 1.54) is 56.9 Å². The van der Waals surface area contributed by atoms with Crippen LogP contribution in [0.1, 0.15) is 56.9 Å². The van der Waals surface area contributed by atoms with E-state index in [1.54, 1.807) is 5.30 Å². The van der Waals surface area contributed by atoms with Gasteiger partial charge >= 0.3 is 0 Å². The molecule has 0 aromatic heterocycles. The topological polar surface area (TPSA) is 0 Å². The van der Waals surface area contributed by atoms with Gasteiger partial charge in [-0.25, -0.2) is 0 Å². The summed E-state index contributed by atoms with van der Waals surface area (Å²) in [5.41, 5.74) is 2.35. The van der Waals surface area contributed by atoms with Gasteiger partial charge in [-0.3, -0.25) is 0 Å². The summed E-state index contributed by atoms with van der Waals surface area (Å²) in [6, 6.07) is 9.19. The van der Waals surface area contributed by atoms with Gasteiger partial charge in [0.05, 0.1) is 0 Å². The molecule has 1 aliphatic rings. The van der Waals surface area contributed by atoms with Crippen molar-refractivity contribution in [2.24, 2.45) is 0 Å². The Morgan fingerprint density at radius 3 is 1.94 bits per heavy atom. The van der Waals surface area contributed by atoms with E-state index in [2.05, 4.69) is 31.2 Å². The van der Waals surface area contributed by atoms with Gasteiger partial charge in [0.25, 0.3) is 0 Å². The molecule has 0 aliphatic heterocycles. The van der Waals surface area contributed by atoms with Gasteiger partial charge in [-0.15, -0.1) is 0 Å². The van der Waals surface area contributed by atoms with Crippen LogP contribution in [-0.4, -0.2) is 5.66 Å². The molecule has 1 aromatic carbocycles. The first-order chi connectivity index (χ1) is 8.34. The second-order valence-electron chi connectivity index (χ2n) is 5.41. The summed E-state index contributed by atoms with van der Waals surface area (Å²) in [4.78, 5) is 0. The highest BCUT2D eigenvalue weighted by atomic mass is 31.1. The van der Waals surface area contributed by atoms with Crippen molar-refractivity contribution in [2.75, 3.05) is 0 Å². The molecule has 1 aromatic rings. The molecule has 0 saturated heterocycles. The fourth-order valence-corrected chi connectivity index (χ4v) is 4.19. The number of rotatable bonds is 2. The third-order valence-electron chi connectivity index (χ3n) is 3.78. The van der Waals surface area contributed by atoms with Gasteiger partial charge in [0.2, 0.25) is 0 Å².